The van der Waals surface area contributed by atoms with Crippen LogP contribution in [0.25, 0.3) is 10.9 Å². The van der Waals surface area contributed by atoms with Crippen molar-refractivity contribution >= 4 is 28.3 Å². The number of fused-ring (bicyclic) bond motifs is 2. The van der Waals surface area contributed by atoms with Gasteiger partial charge in [0, 0.05) is 29.2 Å². The van der Waals surface area contributed by atoms with Crippen molar-refractivity contribution in [2.75, 3.05) is 18.6 Å². The van der Waals surface area contributed by atoms with Crippen molar-refractivity contribution in [2.45, 2.75) is 13.0 Å². The number of carbonyl (C=O) groups excluding carboxylic acids is 1. The number of ether oxygens (including phenoxy) is 1. The van der Waals surface area contributed by atoms with Crippen LogP contribution < -0.4 is 15.0 Å². The summed E-state index contributed by atoms with van der Waals surface area (Å²) < 4.78 is 10.6. The first-order valence-electron chi connectivity index (χ1n) is 9.87. The van der Waals surface area contributed by atoms with Gasteiger partial charge in [-0.1, -0.05) is 0 Å². The number of rotatable bonds is 5. The van der Waals surface area contributed by atoms with E-state index in [0.717, 1.165) is 46.9 Å². The molecule has 0 bridgehead atoms. The zero-order valence-electron chi connectivity index (χ0n) is 16.6. The predicted molar refractivity (Wildman–Crippen MR) is 115 cm³/mol. The Bertz CT molecular complexity index is 1200. The monoisotopic (exact) mass is 399 g/mol. The molecular weight excluding hydrogens is 378 g/mol. The smallest absolute Gasteiger partial charge is 0.251 e. The summed E-state index contributed by atoms with van der Waals surface area (Å²) in [4.78, 5) is 19.5. The highest BCUT2D eigenvalue weighted by Gasteiger charge is 2.23. The topological polar surface area (TPSA) is 67.6 Å². The van der Waals surface area contributed by atoms with Crippen molar-refractivity contribution in [2.24, 2.45) is 0 Å². The van der Waals surface area contributed by atoms with Gasteiger partial charge in [-0.15, -0.1) is 0 Å². The molecule has 6 nitrogen and oxygen atoms in total. The van der Waals surface area contributed by atoms with Crippen molar-refractivity contribution in [3.05, 3.63) is 83.8 Å². The van der Waals surface area contributed by atoms with Gasteiger partial charge in [-0.3, -0.25) is 4.79 Å². The molecule has 0 radical (unpaired) electrons. The number of nitrogens with zero attached hydrogens (tertiary/aromatic N) is 2. The molecule has 4 aromatic rings. The molecular formula is C24H21N3O3. The summed E-state index contributed by atoms with van der Waals surface area (Å²) in [5.74, 6) is 2.36. The summed E-state index contributed by atoms with van der Waals surface area (Å²) in [7, 11) is 1.66. The second-order valence-corrected chi connectivity index (χ2v) is 7.24. The number of nitrogens with one attached hydrogen (secondary N) is 1. The average molecular weight is 399 g/mol. The number of amides is 1. The van der Waals surface area contributed by atoms with E-state index in [9.17, 15) is 4.79 Å². The lowest BCUT2D eigenvalue weighted by atomic mass is 10.1. The largest absolute Gasteiger partial charge is 0.497 e. The number of aromatic nitrogens is 1. The first-order valence-corrected chi connectivity index (χ1v) is 9.87. The highest BCUT2D eigenvalue weighted by atomic mass is 16.5. The quantitative estimate of drug-likeness (QED) is 0.537. The third-order valence-corrected chi connectivity index (χ3v) is 5.39. The third-order valence-electron chi connectivity index (χ3n) is 5.39. The first-order chi connectivity index (χ1) is 14.7. The minimum absolute atomic E-state index is 0.129. The summed E-state index contributed by atoms with van der Waals surface area (Å²) in [5.41, 5.74) is 3.77. The van der Waals surface area contributed by atoms with E-state index in [0.29, 0.717) is 12.1 Å². The van der Waals surface area contributed by atoms with E-state index in [1.807, 2.05) is 48.5 Å². The molecule has 150 valence electrons. The number of pyridine rings is 1. The number of hydrogen-bond acceptors (Lipinski definition) is 5. The van der Waals surface area contributed by atoms with Gasteiger partial charge in [0.25, 0.3) is 5.91 Å². The van der Waals surface area contributed by atoms with E-state index in [4.69, 9.17) is 14.1 Å². The van der Waals surface area contributed by atoms with Crippen LogP contribution in [0.5, 0.6) is 5.75 Å². The van der Waals surface area contributed by atoms with Crippen LogP contribution in [0.4, 0.5) is 11.5 Å². The molecule has 6 heteroatoms. The van der Waals surface area contributed by atoms with E-state index < -0.39 is 0 Å². The lowest BCUT2D eigenvalue weighted by Crippen LogP contribution is -2.22. The summed E-state index contributed by atoms with van der Waals surface area (Å²) >= 11 is 0. The standard InChI is InChI=1S/C24H21N3O3/c1-29-20-9-6-17-13-18-10-11-27(23(18)26-22(17)14-20)19-7-4-16(5-8-19)24(28)25-15-21-3-2-12-30-21/h2-9,12-14H,10-11,15H2,1H3,(H,25,28). The van der Waals surface area contributed by atoms with E-state index in [2.05, 4.69) is 16.3 Å². The molecule has 0 aliphatic carbocycles. The fourth-order valence-corrected chi connectivity index (χ4v) is 3.79. The van der Waals surface area contributed by atoms with Crippen molar-refractivity contribution < 1.29 is 13.9 Å². The summed E-state index contributed by atoms with van der Waals surface area (Å²) in [6.45, 7) is 1.23. The molecule has 2 aromatic heterocycles. The van der Waals surface area contributed by atoms with Crippen molar-refractivity contribution in [3.8, 4) is 5.75 Å². The van der Waals surface area contributed by atoms with Crippen LogP contribution in [0.15, 0.2) is 71.3 Å². The molecule has 2 aromatic carbocycles. The molecule has 1 aliphatic rings. The molecule has 30 heavy (non-hydrogen) atoms. The van der Waals surface area contributed by atoms with Crippen molar-refractivity contribution in [1.82, 2.24) is 10.3 Å². The van der Waals surface area contributed by atoms with Gasteiger partial charge in [-0.05, 0) is 66.6 Å². The number of furan rings is 1. The van der Waals surface area contributed by atoms with Crippen LogP contribution in [0, 0.1) is 0 Å². The Morgan fingerprint density at radius 3 is 2.80 bits per heavy atom. The molecule has 5 rings (SSSR count). The molecule has 0 saturated carbocycles. The fourth-order valence-electron chi connectivity index (χ4n) is 3.79. The van der Waals surface area contributed by atoms with Gasteiger partial charge in [0.1, 0.15) is 17.3 Å². The predicted octanol–water partition coefficient (Wildman–Crippen LogP) is 4.46. The second-order valence-electron chi connectivity index (χ2n) is 7.24. The molecule has 0 spiro atoms. The zero-order chi connectivity index (χ0) is 20.5. The Kier molecular flexibility index (Phi) is 4.59. The molecule has 0 unspecified atom stereocenters. The SMILES string of the molecule is COc1ccc2cc3c(nc2c1)N(c1ccc(C(=O)NCc2ccco2)cc1)CC3. The van der Waals surface area contributed by atoms with Gasteiger partial charge in [0.15, 0.2) is 0 Å². The Morgan fingerprint density at radius 1 is 1.17 bits per heavy atom. The number of methoxy groups -OCH3 is 1. The number of benzene rings is 2. The van der Waals surface area contributed by atoms with Gasteiger partial charge in [-0.2, -0.15) is 0 Å². The van der Waals surface area contributed by atoms with Crippen LogP contribution in [-0.2, 0) is 13.0 Å². The van der Waals surface area contributed by atoms with Gasteiger partial charge >= 0.3 is 0 Å². The van der Waals surface area contributed by atoms with E-state index in [1.54, 1.807) is 19.4 Å². The van der Waals surface area contributed by atoms with Crippen LogP contribution in [0.1, 0.15) is 21.7 Å². The minimum Gasteiger partial charge on any atom is -0.497 e. The number of carbonyl (C=O) groups is 1. The lowest BCUT2D eigenvalue weighted by Gasteiger charge is -2.19. The summed E-state index contributed by atoms with van der Waals surface area (Å²) in [6.07, 6.45) is 2.53. The second kappa shape index (κ2) is 7.55. The van der Waals surface area contributed by atoms with Gasteiger partial charge in [0.05, 0.1) is 25.4 Å². The minimum atomic E-state index is -0.129. The lowest BCUT2D eigenvalue weighted by molar-refractivity contribution is 0.0948. The molecule has 0 saturated heterocycles. The Balaban J connectivity index is 1.36. The fraction of sp³-hybridized carbons (Fsp3) is 0.167. The Labute approximate surface area is 174 Å². The maximum atomic E-state index is 12.4. The molecule has 0 atom stereocenters. The normalized spacial score (nSPS) is 12.8. The van der Waals surface area contributed by atoms with Gasteiger partial charge < -0.3 is 19.4 Å². The molecule has 0 fully saturated rings. The highest BCUT2D eigenvalue weighted by molar-refractivity contribution is 5.94. The van der Waals surface area contributed by atoms with E-state index in [-0.39, 0.29) is 5.91 Å². The Hall–Kier alpha value is -3.80. The van der Waals surface area contributed by atoms with Gasteiger partial charge in [0.2, 0.25) is 0 Å². The molecule has 1 N–H and O–H groups in total. The van der Waals surface area contributed by atoms with E-state index in [1.165, 1.54) is 5.56 Å². The summed E-state index contributed by atoms with van der Waals surface area (Å²) in [5, 5.41) is 3.98. The third kappa shape index (κ3) is 3.37. The van der Waals surface area contributed by atoms with Crippen LogP contribution in [-0.4, -0.2) is 24.5 Å². The van der Waals surface area contributed by atoms with Crippen LogP contribution >= 0.6 is 0 Å². The average Bonchev–Trinajstić information content (AvgIpc) is 3.45. The number of anilines is 2. The summed E-state index contributed by atoms with van der Waals surface area (Å²) in [6, 6.07) is 19.4. The molecule has 1 amide bonds. The van der Waals surface area contributed by atoms with Crippen LogP contribution in [0.2, 0.25) is 0 Å². The molecule has 3 heterocycles. The van der Waals surface area contributed by atoms with Crippen molar-refractivity contribution in [3.63, 3.8) is 0 Å². The first kappa shape index (κ1) is 18.2. The van der Waals surface area contributed by atoms with Crippen LogP contribution in [0.3, 0.4) is 0 Å². The van der Waals surface area contributed by atoms with Crippen molar-refractivity contribution in [1.29, 1.82) is 0 Å². The highest BCUT2D eigenvalue weighted by Crippen LogP contribution is 2.35. The number of hydrogen-bond donors (Lipinski definition) is 1. The zero-order valence-corrected chi connectivity index (χ0v) is 16.6. The maximum absolute atomic E-state index is 12.4. The maximum Gasteiger partial charge on any atom is 0.251 e. The Morgan fingerprint density at radius 2 is 2.03 bits per heavy atom. The van der Waals surface area contributed by atoms with E-state index >= 15 is 0 Å². The molecule has 1 aliphatic heterocycles. The van der Waals surface area contributed by atoms with Gasteiger partial charge in [-0.25, -0.2) is 4.98 Å².